The molecule has 0 spiro atoms. The summed E-state index contributed by atoms with van der Waals surface area (Å²) in [7, 11) is 0. The van der Waals surface area contributed by atoms with Crippen LogP contribution in [0.4, 0.5) is 0 Å². The van der Waals surface area contributed by atoms with E-state index in [-0.39, 0.29) is 28.3 Å². The maximum atomic E-state index is 11.7. The molecular weight excluding hydrogens is 282 g/mol. The molecule has 0 saturated heterocycles. The predicted molar refractivity (Wildman–Crippen MR) is 83.0 cm³/mol. The highest BCUT2D eigenvalue weighted by Crippen LogP contribution is 2.28. The minimum Gasteiger partial charge on any atom is -0.505 e. The molecule has 1 heterocycles. The third-order valence-corrected chi connectivity index (χ3v) is 3.17. The highest BCUT2D eigenvalue weighted by molar-refractivity contribution is 6.08. The van der Waals surface area contributed by atoms with E-state index in [0.717, 1.165) is 5.56 Å². The first-order chi connectivity index (χ1) is 10.4. The number of rotatable bonds is 4. The first kappa shape index (κ1) is 15.4. The van der Waals surface area contributed by atoms with Gasteiger partial charge in [0.05, 0.1) is 22.5 Å². The zero-order valence-corrected chi connectivity index (χ0v) is 12.2. The molecule has 0 aliphatic heterocycles. The maximum absolute atomic E-state index is 11.7. The summed E-state index contributed by atoms with van der Waals surface area (Å²) in [6.45, 7) is 2.74. The van der Waals surface area contributed by atoms with Gasteiger partial charge in [-0.3, -0.25) is 4.79 Å². The second-order valence-corrected chi connectivity index (χ2v) is 4.79. The van der Waals surface area contributed by atoms with Gasteiger partial charge in [0.1, 0.15) is 5.75 Å². The number of carbonyl (C=O) groups excluding carboxylic acids is 1. The Morgan fingerprint density at radius 2 is 1.73 bits per heavy atom. The Kier molecular flexibility index (Phi) is 4.36. The number of aromatic carboxylic acids is 1. The molecule has 5 heteroatoms. The Bertz CT molecular complexity index is 764. The molecule has 22 heavy (non-hydrogen) atoms. The standard InChI is InChI=1S/C17H15NO4/c1-10-16(20)14(11(2)19)15(17(21)22)13(18-10)9-8-12-6-4-3-5-7-12/h3-9,20H,1-2H3,(H,21,22). The number of aromatic hydroxyl groups is 1. The average Bonchev–Trinajstić information content (AvgIpc) is 2.48. The van der Waals surface area contributed by atoms with E-state index in [2.05, 4.69) is 4.98 Å². The van der Waals surface area contributed by atoms with Crippen molar-refractivity contribution >= 4 is 23.9 Å². The highest BCUT2D eigenvalue weighted by atomic mass is 16.4. The van der Waals surface area contributed by atoms with E-state index in [4.69, 9.17) is 0 Å². The second-order valence-electron chi connectivity index (χ2n) is 4.79. The second kappa shape index (κ2) is 6.22. The van der Waals surface area contributed by atoms with Gasteiger partial charge in [0, 0.05) is 0 Å². The van der Waals surface area contributed by atoms with Crippen LogP contribution >= 0.6 is 0 Å². The average molecular weight is 297 g/mol. The van der Waals surface area contributed by atoms with Gasteiger partial charge in [0.2, 0.25) is 0 Å². The van der Waals surface area contributed by atoms with Crippen molar-refractivity contribution < 1.29 is 19.8 Å². The number of carboxylic acids is 1. The predicted octanol–water partition coefficient (Wildman–Crippen LogP) is 3.17. The summed E-state index contributed by atoms with van der Waals surface area (Å²) in [5.74, 6) is -2.21. The Morgan fingerprint density at radius 1 is 1.09 bits per heavy atom. The van der Waals surface area contributed by atoms with Gasteiger partial charge in [-0.15, -0.1) is 0 Å². The van der Waals surface area contributed by atoms with Crippen molar-refractivity contribution in [3.63, 3.8) is 0 Å². The zero-order chi connectivity index (χ0) is 16.3. The van der Waals surface area contributed by atoms with Crippen LogP contribution in [0.15, 0.2) is 30.3 Å². The first-order valence-electron chi connectivity index (χ1n) is 6.62. The lowest BCUT2D eigenvalue weighted by atomic mass is 10.00. The molecular formula is C17H15NO4. The van der Waals surface area contributed by atoms with Gasteiger partial charge < -0.3 is 10.2 Å². The molecule has 0 radical (unpaired) electrons. The van der Waals surface area contributed by atoms with Crippen molar-refractivity contribution in [2.45, 2.75) is 13.8 Å². The van der Waals surface area contributed by atoms with Gasteiger partial charge >= 0.3 is 5.97 Å². The minimum absolute atomic E-state index is 0.136. The summed E-state index contributed by atoms with van der Waals surface area (Å²) in [6.07, 6.45) is 3.23. The third-order valence-electron chi connectivity index (χ3n) is 3.17. The topological polar surface area (TPSA) is 87.5 Å². The number of ketones is 1. The van der Waals surface area contributed by atoms with E-state index in [1.165, 1.54) is 19.9 Å². The van der Waals surface area contributed by atoms with E-state index in [1.807, 2.05) is 30.3 Å². The molecule has 0 aliphatic carbocycles. The zero-order valence-electron chi connectivity index (χ0n) is 12.2. The van der Waals surface area contributed by atoms with Crippen molar-refractivity contribution in [2.75, 3.05) is 0 Å². The van der Waals surface area contributed by atoms with Crippen LogP contribution in [0, 0.1) is 6.92 Å². The monoisotopic (exact) mass is 297 g/mol. The Balaban J connectivity index is 2.63. The number of pyridine rings is 1. The van der Waals surface area contributed by atoms with Gasteiger partial charge in [-0.05, 0) is 25.5 Å². The number of hydrogen-bond donors (Lipinski definition) is 2. The number of nitrogens with zero attached hydrogens (tertiary/aromatic N) is 1. The van der Waals surface area contributed by atoms with Crippen LogP contribution in [0.3, 0.4) is 0 Å². The van der Waals surface area contributed by atoms with E-state index in [0.29, 0.717) is 0 Å². The summed E-state index contributed by atoms with van der Waals surface area (Å²) >= 11 is 0. The number of aryl methyl sites for hydroxylation is 1. The Labute approximate surface area is 127 Å². The third kappa shape index (κ3) is 3.03. The van der Waals surface area contributed by atoms with Gasteiger partial charge in [-0.25, -0.2) is 9.78 Å². The van der Waals surface area contributed by atoms with Crippen molar-refractivity contribution in [1.29, 1.82) is 0 Å². The first-order valence-corrected chi connectivity index (χ1v) is 6.62. The van der Waals surface area contributed by atoms with Crippen LogP contribution in [0.2, 0.25) is 0 Å². The van der Waals surface area contributed by atoms with E-state index < -0.39 is 11.8 Å². The fourth-order valence-corrected chi connectivity index (χ4v) is 2.14. The van der Waals surface area contributed by atoms with Crippen molar-refractivity contribution in [3.05, 3.63) is 58.4 Å². The van der Waals surface area contributed by atoms with E-state index >= 15 is 0 Å². The maximum Gasteiger partial charge on any atom is 0.338 e. The van der Waals surface area contributed by atoms with E-state index in [9.17, 15) is 19.8 Å². The van der Waals surface area contributed by atoms with Gasteiger partial charge in [-0.2, -0.15) is 0 Å². The lowest BCUT2D eigenvalue weighted by Crippen LogP contribution is -2.12. The Hall–Kier alpha value is -2.95. The molecule has 112 valence electrons. The van der Waals surface area contributed by atoms with Gasteiger partial charge in [0.25, 0.3) is 0 Å². The molecule has 1 aromatic carbocycles. The number of carbonyl (C=O) groups is 2. The number of carboxylic acid groups (broad SMARTS) is 1. The van der Waals surface area contributed by atoms with Crippen LogP contribution < -0.4 is 0 Å². The lowest BCUT2D eigenvalue weighted by Gasteiger charge is -2.10. The molecule has 2 N–H and O–H groups in total. The van der Waals surface area contributed by atoms with Crippen molar-refractivity contribution in [2.24, 2.45) is 0 Å². The quantitative estimate of drug-likeness (QED) is 0.846. The summed E-state index contributed by atoms with van der Waals surface area (Å²) in [6, 6.07) is 9.30. The summed E-state index contributed by atoms with van der Waals surface area (Å²) in [5.41, 5.74) is 0.714. The van der Waals surface area contributed by atoms with E-state index in [1.54, 1.807) is 6.08 Å². The van der Waals surface area contributed by atoms with Crippen LogP contribution in [-0.4, -0.2) is 26.9 Å². The largest absolute Gasteiger partial charge is 0.505 e. The fraction of sp³-hybridized carbons (Fsp3) is 0.118. The molecule has 0 fully saturated rings. The van der Waals surface area contributed by atoms with Crippen molar-refractivity contribution in [1.82, 2.24) is 4.98 Å². The molecule has 0 amide bonds. The minimum atomic E-state index is -1.30. The van der Waals surface area contributed by atoms with Crippen LogP contribution in [0.1, 0.15) is 44.6 Å². The normalized spacial score (nSPS) is 10.8. The highest BCUT2D eigenvalue weighted by Gasteiger charge is 2.24. The lowest BCUT2D eigenvalue weighted by molar-refractivity contribution is 0.0690. The summed E-state index contributed by atoms with van der Waals surface area (Å²) in [4.78, 5) is 27.3. The molecule has 0 unspecified atom stereocenters. The van der Waals surface area contributed by atoms with Crippen molar-refractivity contribution in [3.8, 4) is 5.75 Å². The molecule has 2 aromatic rings. The number of hydrogen-bond acceptors (Lipinski definition) is 4. The summed E-state index contributed by atoms with van der Waals surface area (Å²) in [5, 5.41) is 19.3. The molecule has 0 saturated carbocycles. The van der Waals surface area contributed by atoms with Crippen LogP contribution in [-0.2, 0) is 0 Å². The Morgan fingerprint density at radius 3 is 2.27 bits per heavy atom. The summed E-state index contributed by atoms with van der Waals surface area (Å²) < 4.78 is 0. The number of Topliss-reactive ketones (excluding diaryl/α,β-unsaturated/α-hetero) is 1. The SMILES string of the molecule is CC(=O)c1c(O)c(C)nc(C=Cc2ccccc2)c1C(=O)O. The number of aromatic nitrogens is 1. The van der Waals surface area contributed by atoms with Gasteiger partial charge in [-0.1, -0.05) is 36.4 Å². The molecule has 2 rings (SSSR count). The molecule has 0 atom stereocenters. The van der Waals surface area contributed by atoms with Crippen LogP contribution in [0.5, 0.6) is 5.75 Å². The molecule has 0 bridgehead atoms. The number of benzene rings is 1. The molecule has 1 aromatic heterocycles. The van der Waals surface area contributed by atoms with Gasteiger partial charge in [0.15, 0.2) is 5.78 Å². The molecule has 5 nitrogen and oxygen atoms in total. The molecule has 0 aliphatic rings. The van der Waals surface area contributed by atoms with Crippen LogP contribution in [0.25, 0.3) is 12.2 Å². The fourth-order valence-electron chi connectivity index (χ4n) is 2.14. The smallest absolute Gasteiger partial charge is 0.338 e.